The fourth-order valence-electron chi connectivity index (χ4n) is 3.76. The van der Waals surface area contributed by atoms with Gasteiger partial charge in [0.05, 0.1) is 12.2 Å². The summed E-state index contributed by atoms with van der Waals surface area (Å²) in [5.74, 6) is -1.56. The molecule has 0 bridgehead atoms. The van der Waals surface area contributed by atoms with E-state index >= 15 is 0 Å². The normalized spacial score (nSPS) is 15.7. The van der Waals surface area contributed by atoms with Gasteiger partial charge < -0.3 is 20.4 Å². The van der Waals surface area contributed by atoms with Crippen LogP contribution in [0, 0.1) is 0 Å². The van der Waals surface area contributed by atoms with Gasteiger partial charge in [0, 0.05) is 28.4 Å². The largest absolute Gasteiger partial charge is 0.462 e. The predicted molar refractivity (Wildman–Crippen MR) is 124 cm³/mol. The molecule has 2 aromatic heterocycles. The number of hydrogen-bond donors (Lipinski definition) is 3. The zero-order valence-corrected chi connectivity index (χ0v) is 19.1. The van der Waals surface area contributed by atoms with Crippen LogP contribution in [0.2, 0.25) is 0 Å². The number of aromatic nitrogens is 1. The third-order valence-electron chi connectivity index (χ3n) is 5.39. The van der Waals surface area contributed by atoms with Crippen LogP contribution < -0.4 is 10.6 Å². The van der Waals surface area contributed by atoms with Crippen molar-refractivity contribution < 1.29 is 23.9 Å². The highest BCUT2D eigenvalue weighted by atomic mass is 32.1. The maximum Gasteiger partial charge on any atom is 0.341 e. The van der Waals surface area contributed by atoms with E-state index in [2.05, 4.69) is 15.6 Å². The maximum atomic E-state index is 12.9. The van der Waals surface area contributed by atoms with Crippen LogP contribution in [0.3, 0.4) is 0 Å². The van der Waals surface area contributed by atoms with E-state index in [-0.39, 0.29) is 12.2 Å². The number of fused-ring (bicyclic) bond motifs is 1. The summed E-state index contributed by atoms with van der Waals surface area (Å²) in [5.41, 5.74) is 2.11. The van der Waals surface area contributed by atoms with E-state index in [9.17, 15) is 19.2 Å². The number of anilines is 1. The first-order valence-electron chi connectivity index (χ1n) is 10.7. The molecule has 9 nitrogen and oxygen atoms in total. The third kappa shape index (κ3) is 4.61. The molecule has 1 fully saturated rings. The molecule has 172 valence electrons. The van der Waals surface area contributed by atoms with Crippen LogP contribution in [0.15, 0.2) is 36.5 Å². The summed E-state index contributed by atoms with van der Waals surface area (Å²) in [6, 6.07) is 8.01. The minimum atomic E-state index is -0.756. The lowest BCUT2D eigenvalue weighted by atomic mass is 10.1. The van der Waals surface area contributed by atoms with Gasteiger partial charge >= 0.3 is 12.0 Å². The molecule has 0 saturated carbocycles. The number of aryl methyl sites for hydroxylation is 1. The topological polar surface area (TPSA) is 121 Å². The van der Waals surface area contributed by atoms with Gasteiger partial charge in [-0.15, -0.1) is 11.3 Å². The van der Waals surface area contributed by atoms with Gasteiger partial charge in [-0.25, -0.2) is 9.59 Å². The number of benzene rings is 1. The first-order valence-corrected chi connectivity index (χ1v) is 11.5. The Morgan fingerprint density at radius 3 is 2.76 bits per heavy atom. The number of nitrogens with zero attached hydrogens (tertiary/aromatic N) is 1. The molecule has 1 atom stereocenters. The second-order valence-electron chi connectivity index (χ2n) is 7.57. The molecule has 1 aliphatic rings. The van der Waals surface area contributed by atoms with Crippen molar-refractivity contribution in [3.8, 4) is 0 Å². The van der Waals surface area contributed by atoms with Crippen LogP contribution in [-0.2, 0) is 27.2 Å². The molecule has 10 heteroatoms. The first-order chi connectivity index (χ1) is 15.9. The molecule has 1 aliphatic heterocycles. The average Bonchev–Trinajstić information content (AvgIpc) is 3.47. The molecule has 3 aromatic rings. The second-order valence-corrected chi connectivity index (χ2v) is 8.70. The maximum absolute atomic E-state index is 12.9. The summed E-state index contributed by atoms with van der Waals surface area (Å²) in [6.45, 7) is 3.40. The van der Waals surface area contributed by atoms with Crippen molar-refractivity contribution in [2.45, 2.75) is 32.7 Å². The highest BCUT2D eigenvalue weighted by molar-refractivity contribution is 7.16. The molecule has 1 aromatic carbocycles. The van der Waals surface area contributed by atoms with Gasteiger partial charge in [0.25, 0.3) is 5.91 Å². The molecule has 4 rings (SSSR count). The number of carbonyl (C=O) groups excluding carboxylic acids is 4. The Labute approximate surface area is 194 Å². The molecule has 0 aliphatic carbocycles. The summed E-state index contributed by atoms with van der Waals surface area (Å²) in [7, 11) is 0. The number of amides is 4. The molecule has 3 heterocycles. The van der Waals surface area contributed by atoms with Gasteiger partial charge in [-0.1, -0.05) is 25.1 Å². The van der Waals surface area contributed by atoms with Crippen LogP contribution in [0.25, 0.3) is 10.9 Å². The lowest BCUT2D eigenvalue weighted by molar-refractivity contribution is -0.130. The number of nitrogens with one attached hydrogen (secondary N) is 3. The molecule has 33 heavy (non-hydrogen) atoms. The number of rotatable bonds is 8. The van der Waals surface area contributed by atoms with Crippen LogP contribution in [0.5, 0.6) is 0 Å². The van der Waals surface area contributed by atoms with Crippen LogP contribution in [0.1, 0.15) is 34.6 Å². The fraction of sp³-hybridized carbons (Fsp3) is 0.304. The Balaban J connectivity index is 1.43. The van der Waals surface area contributed by atoms with E-state index in [0.29, 0.717) is 17.8 Å². The monoisotopic (exact) mass is 468 g/mol. The summed E-state index contributed by atoms with van der Waals surface area (Å²) >= 11 is 1.27. The van der Waals surface area contributed by atoms with E-state index in [1.807, 2.05) is 37.4 Å². The van der Waals surface area contributed by atoms with Crippen molar-refractivity contribution >= 4 is 51.1 Å². The molecular weight excluding hydrogens is 444 g/mol. The average molecular weight is 469 g/mol. The van der Waals surface area contributed by atoms with Crippen molar-refractivity contribution in [2.75, 3.05) is 18.5 Å². The molecule has 1 unspecified atom stereocenters. The third-order valence-corrected chi connectivity index (χ3v) is 6.58. The zero-order chi connectivity index (χ0) is 23.5. The number of esters is 1. The molecule has 1 saturated heterocycles. The van der Waals surface area contributed by atoms with Crippen molar-refractivity contribution in [3.63, 3.8) is 0 Å². The Hall–Kier alpha value is -3.66. The second kappa shape index (κ2) is 9.45. The summed E-state index contributed by atoms with van der Waals surface area (Å²) in [6.07, 6.45) is 2.82. The summed E-state index contributed by atoms with van der Waals surface area (Å²) in [5, 5.41) is 6.64. The van der Waals surface area contributed by atoms with Gasteiger partial charge in [0.1, 0.15) is 17.6 Å². The van der Waals surface area contributed by atoms with Gasteiger partial charge in [0.2, 0.25) is 5.91 Å². The Bertz CT molecular complexity index is 1230. The summed E-state index contributed by atoms with van der Waals surface area (Å²) in [4.78, 5) is 55.1. The number of thiophene rings is 1. The smallest absolute Gasteiger partial charge is 0.341 e. The SMILES string of the molecule is CCOC(=O)c1cc(CC)sc1NC(=O)CN1C(=O)NC(Cc2c[nH]c3ccccc23)C1=O. The van der Waals surface area contributed by atoms with Gasteiger partial charge in [-0.05, 0) is 31.0 Å². The minimum Gasteiger partial charge on any atom is -0.462 e. The first kappa shape index (κ1) is 22.5. The number of para-hydroxylation sites is 1. The van der Waals surface area contributed by atoms with E-state index in [1.54, 1.807) is 13.0 Å². The van der Waals surface area contributed by atoms with Gasteiger partial charge in [-0.2, -0.15) is 0 Å². The molecule has 0 radical (unpaired) electrons. The highest BCUT2D eigenvalue weighted by Gasteiger charge is 2.39. The number of H-pyrrole nitrogens is 1. The Kier molecular flexibility index (Phi) is 6.45. The lowest BCUT2D eigenvalue weighted by Gasteiger charge is -2.13. The Morgan fingerprint density at radius 2 is 2.00 bits per heavy atom. The molecule has 0 spiro atoms. The zero-order valence-electron chi connectivity index (χ0n) is 18.3. The summed E-state index contributed by atoms with van der Waals surface area (Å²) < 4.78 is 5.06. The quantitative estimate of drug-likeness (QED) is 0.347. The number of urea groups is 1. The van der Waals surface area contributed by atoms with Crippen molar-refractivity contribution in [2.24, 2.45) is 0 Å². The van der Waals surface area contributed by atoms with Crippen molar-refractivity contribution in [1.82, 2.24) is 15.2 Å². The standard InChI is InChI=1S/C23H24N4O5S/c1-3-14-10-16(22(30)32-4-2)20(33-14)26-19(28)12-27-21(29)18(25-23(27)31)9-13-11-24-17-8-6-5-7-15(13)17/h5-8,10-11,18,24H,3-4,9,12H2,1-2H3,(H,25,31)(H,26,28). The van der Waals surface area contributed by atoms with E-state index in [0.717, 1.165) is 26.2 Å². The lowest BCUT2D eigenvalue weighted by Crippen LogP contribution is -2.38. The van der Waals surface area contributed by atoms with Crippen molar-refractivity contribution in [1.29, 1.82) is 0 Å². The fourth-order valence-corrected chi connectivity index (χ4v) is 4.77. The number of aromatic amines is 1. The van der Waals surface area contributed by atoms with Crippen LogP contribution in [0.4, 0.5) is 9.80 Å². The van der Waals surface area contributed by atoms with E-state index in [1.165, 1.54) is 11.3 Å². The molecule has 4 amide bonds. The number of ether oxygens (including phenoxy) is 1. The Morgan fingerprint density at radius 1 is 1.21 bits per heavy atom. The van der Waals surface area contributed by atoms with Crippen molar-refractivity contribution in [3.05, 3.63) is 52.5 Å². The minimum absolute atomic E-state index is 0.212. The number of hydrogen-bond acceptors (Lipinski definition) is 6. The van der Waals surface area contributed by atoms with Gasteiger partial charge in [-0.3, -0.25) is 14.5 Å². The molecule has 3 N–H and O–H groups in total. The van der Waals surface area contributed by atoms with Crippen LogP contribution >= 0.6 is 11.3 Å². The van der Waals surface area contributed by atoms with Crippen LogP contribution in [-0.4, -0.2) is 52.9 Å². The highest BCUT2D eigenvalue weighted by Crippen LogP contribution is 2.29. The predicted octanol–water partition coefficient (Wildman–Crippen LogP) is 3.07. The van der Waals surface area contributed by atoms with E-state index in [4.69, 9.17) is 4.74 Å². The van der Waals surface area contributed by atoms with Gasteiger partial charge in [0.15, 0.2) is 0 Å². The molecular formula is C23H24N4O5S. The van der Waals surface area contributed by atoms with E-state index < -0.39 is 36.4 Å². The number of carbonyl (C=O) groups is 4. The number of imide groups is 1.